The second kappa shape index (κ2) is 11.3. The highest BCUT2D eigenvalue weighted by Crippen LogP contribution is 2.47. The largest absolute Gasteiger partial charge is 0.459 e. The monoisotopic (exact) mass is 562 g/mol. The van der Waals surface area contributed by atoms with Crippen molar-refractivity contribution in [2.45, 2.75) is 31.7 Å². The molecule has 1 aliphatic carbocycles. The van der Waals surface area contributed by atoms with Crippen molar-refractivity contribution in [3.63, 3.8) is 0 Å². The van der Waals surface area contributed by atoms with Gasteiger partial charge in [0.1, 0.15) is 5.82 Å². The Morgan fingerprint density at radius 3 is 2.61 bits per heavy atom. The van der Waals surface area contributed by atoms with Gasteiger partial charge in [0.25, 0.3) is 5.91 Å². The molecule has 1 aliphatic rings. The second-order valence-electron chi connectivity index (χ2n) is 7.97. The molecule has 8 heteroatoms. The molecule has 174 valence electrons. The first-order valence-electron chi connectivity index (χ1n) is 10.8. The highest BCUT2D eigenvalue weighted by atomic mass is 127. The molecule has 1 fully saturated rings. The van der Waals surface area contributed by atoms with Crippen LogP contribution in [0.15, 0.2) is 76.3 Å². The zero-order chi connectivity index (χ0) is 22.4. The maximum absolute atomic E-state index is 13.7. The zero-order valence-electron chi connectivity index (χ0n) is 18.4. The van der Waals surface area contributed by atoms with Crippen molar-refractivity contribution in [1.82, 2.24) is 10.6 Å². The fraction of sp³-hybridized carbons (Fsp3) is 0.280. The number of furan rings is 1. The van der Waals surface area contributed by atoms with Crippen molar-refractivity contribution >= 4 is 41.5 Å². The van der Waals surface area contributed by atoms with Gasteiger partial charge in [-0.3, -0.25) is 4.79 Å². The van der Waals surface area contributed by atoms with E-state index < -0.39 is 0 Å². The lowest BCUT2D eigenvalue weighted by Crippen LogP contribution is -2.41. The van der Waals surface area contributed by atoms with E-state index in [-0.39, 0.29) is 46.9 Å². The molecule has 0 unspecified atom stereocenters. The number of amides is 1. The maximum atomic E-state index is 13.7. The Hall–Kier alpha value is -2.88. The minimum absolute atomic E-state index is 0. The van der Waals surface area contributed by atoms with Gasteiger partial charge in [-0.1, -0.05) is 24.3 Å². The van der Waals surface area contributed by atoms with Gasteiger partial charge in [0.2, 0.25) is 0 Å². The maximum Gasteiger partial charge on any atom is 0.291 e. The molecule has 1 amide bonds. The third-order valence-corrected chi connectivity index (χ3v) is 5.58. The van der Waals surface area contributed by atoms with E-state index in [2.05, 4.69) is 20.9 Å². The molecule has 4 rings (SSSR count). The summed E-state index contributed by atoms with van der Waals surface area (Å²) < 4.78 is 18.8. The van der Waals surface area contributed by atoms with Crippen LogP contribution in [0.5, 0.6) is 0 Å². The normalized spacial score (nSPS) is 14.2. The van der Waals surface area contributed by atoms with E-state index in [4.69, 9.17) is 4.42 Å². The van der Waals surface area contributed by atoms with Crippen LogP contribution in [0, 0.1) is 5.82 Å². The number of carbonyl (C=O) groups excluding carboxylic acids is 1. The third-order valence-electron chi connectivity index (χ3n) is 5.58. The molecule has 6 nitrogen and oxygen atoms in total. The molecular weight excluding hydrogens is 534 g/mol. The summed E-state index contributed by atoms with van der Waals surface area (Å²) in [5.74, 6) is 0.477. The number of aliphatic imine (C=N–C) groups is 1. The summed E-state index contributed by atoms with van der Waals surface area (Å²) >= 11 is 0. The van der Waals surface area contributed by atoms with Gasteiger partial charge in [0, 0.05) is 24.2 Å². The standard InChI is InChI=1S/C25H27FN4O2.HI/c1-2-27-24(29-17-25(11-12-25)19-7-4-8-20(26)15-19)28-16-18-6-3-9-21(14-18)30-23(31)22-10-5-13-32-22;/h3-10,13-15H,2,11-12,16-17H2,1H3,(H,30,31)(H2,27,28,29);1H. The Bertz CT molecular complexity index is 1100. The van der Waals surface area contributed by atoms with Crippen LogP contribution in [-0.4, -0.2) is 25.0 Å². The first-order valence-corrected chi connectivity index (χ1v) is 10.8. The molecule has 2 aromatic carbocycles. The van der Waals surface area contributed by atoms with E-state index in [9.17, 15) is 9.18 Å². The van der Waals surface area contributed by atoms with E-state index in [0.29, 0.717) is 24.7 Å². The molecule has 0 bridgehead atoms. The van der Waals surface area contributed by atoms with Crippen LogP contribution in [0.2, 0.25) is 0 Å². The number of carbonyl (C=O) groups is 1. The molecule has 1 heterocycles. The molecule has 0 spiro atoms. The summed E-state index contributed by atoms with van der Waals surface area (Å²) in [6, 6.07) is 17.7. The van der Waals surface area contributed by atoms with Crippen molar-refractivity contribution in [3.05, 3.63) is 89.6 Å². The number of rotatable bonds is 8. The number of halogens is 2. The SMILES string of the molecule is CCNC(=NCc1cccc(NC(=O)c2ccco2)c1)NCC1(c2cccc(F)c2)CC1.I. The Labute approximate surface area is 210 Å². The Morgan fingerprint density at radius 1 is 1.09 bits per heavy atom. The van der Waals surface area contributed by atoms with E-state index in [1.54, 1.807) is 24.3 Å². The van der Waals surface area contributed by atoms with E-state index in [1.165, 1.54) is 12.3 Å². The quantitative estimate of drug-likeness (QED) is 0.204. The summed E-state index contributed by atoms with van der Waals surface area (Å²) in [4.78, 5) is 16.9. The van der Waals surface area contributed by atoms with Crippen LogP contribution in [-0.2, 0) is 12.0 Å². The van der Waals surface area contributed by atoms with Gasteiger partial charge < -0.3 is 20.4 Å². The molecule has 1 saturated carbocycles. The Morgan fingerprint density at radius 2 is 1.91 bits per heavy atom. The summed E-state index contributed by atoms with van der Waals surface area (Å²) in [7, 11) is 0. The summed E-state index contributed by atoms with van der Waals surface area (Å²) in [5, 5.41) is 9.51. The molecule has 1 aromatic heterocycles. The molecule has 3 aromatic rings. The third kappa shape index (κ3) is 6.56. The van der Waals surface area contributed by atoms with E-state index in [1.807, 2.05) is 37.3 Å². The highest BCUT2D eigenvalue weighted by Gasteiger charge is 2.44. The molecule has 3 N–H and O–H groups in total. The lowest BCUT2D eigenvalue weighted by molar-refractivity contribution is 0.0996. The van der Waals surface area contributed by atoms with Gasteiger partial charge in [-0.15, -0.1) is 24.0 Å². The fourth-order valence-electron chi connectivity index (χ4n) is 3.65. The number of hydrogen-bond acceptors (Lipinski definition) is 3. The van der Waals surface area contributed by atoms with E-state index in [0.717, 1.165) is 30.5 Å². The number of hydrogen-bond donors (Lipinski definition) is 3. The van der Waals surface area contributed by atoms with Crippen molar-refractivity contribution in [3.8, 4) is 0 Å². The van der Waals surface area contributed by atoms with Crippen LogP contribution >= 0.6 is 24.0 Å². The second-order valence-corrected chi connectivity index (χ2v) is 7.97. The molecular formula is C25H28FIN4O2. The van der Waals surface area contributed by atoms with Crippen LogP contribution < -0.4 is 16.0 Å². The number of benzene rings is 2. The smallest absolute Gasteiger partial charge is 0.291 e. The molecule has 0 radical (unpaired) electrons. The number of nitrogens with one attached hydrogen (secondary N) is 3. The lowest BCUT2D eigenvalue weighted by Gasteiger charge is -2.19. The van der Waals surface area contributed by atoms with Gasteiger partial charge in [0.05, 0.1) is 12.8 Å². The number of nitrogens with zero attached hydrogens (tertiary/aromatic N) is 1. The highest BCUT2D eigenvalue weighted by molar-refractivity contribution is 14.0. The average Bonchev–Trinajstić information content (AvgIpc) is 3.38. The van der Waals surface area contributed by atoms with Crippen LogP contribution in [0.4, 0.5) is 10.1 Å². The van der Waals surface area contributed by atoms with Crippen molar-refractivity contribution < 1.29 is 13.6 Å². The predicted octanol–water partition coefficient (Wildman–Crippen LogP) is 5.08. The van der Waals surface area contributed by atoms with Gasteiger partial charge in [-0.05, 0) is 67.3 Å². The summed E-state index contributed by atoms with van der Waals surface area (Å²) in [5.41, 5.74) is 2.64. The first kappa shape index (κ1) is 24.8. The Balaban J connectivity index is 0.00000306. The van der Waals surface area contributed by atoms with Crippen LogP contribution in [0.1, 0.15) is 41.4 Å². The minimum atomic E-state index is -0.294. The summed E-state index contributed by atoms with van der Waals surface area (Å²) in [6.45, 7) is 3.90. The lowest BCUT2D eigenvalue weighted by atomic mass is 9.96. The molecule has 0 aliphatic heterocycles. The van der Waals surface area contributed by atoms with E-state index >= 15 is 0 Å². The molecule has 33 heavy (non-hydrogen) atoms. The van der Waals surface area contributed by atoms with Crippen LogP contribution in [0.3, 0.4) is 0 Å². The molecule has 0 saturated heterocycles. The number of anilines is 1. The van der Waals surface area contributed by atoms with Gasteiger partial charge in [-0.2, -0.15) is 0 Å². The Kier molecular flexibility index (Phi) is 8.49. The summed E-state index contributed by atoms with van der Waals surface area (Å²) in [6.07, 6.45) is 3.52. The predicted molar refractivity (Wildman–Crippen MR) is 139 cm³/mol. The zero-order valence-corrected chi connectivity index (χ0v) is 20.8. The van der Waals surface area contributed by atoms with Crippen molar-refractivity contribution in [2.24, 2.45) is 4.99 Å². The first-order chi connectivity index (χ1) is 15.6. The average molecular weight is 562 g/mol. The topological polar surface area (TPSA) is 78.7 Å². The van der Waals surface area contributed by atoms with Crippen LogP contribution in [0.25, 0.3) is 0 Å². The van der Waals surface area contributed by atoms with Gasteiger partial charge in [0.15, 0.2) is 11.7 Å². The fourth-order valence-corrected chi connectivity index (χ4v) is 3.65. The van der Waals surface area contributed by atoms with Gasteiger partial charge in [-0.25, -0.2) is 9.38 Å². The molecule has 0 atom stereocenters. The van der Waals surface area contributed by atoms with Gasteiger partial charge >= 0.3 is 0 Å². The van der Waals surface area contributed by atoms with Crippen molar-refractivity contribution in [1.29, 1.82) is 0 Å². The minimum Gasteiger partial charge on any atom is -0.459 e. The number of guanidine groups is 1. The van der Waals surface area contributed by atoms with Crippen molar-refractivity contribution in [2.75, 3.05) is 18.4 Å².